The molecule has 1 heterocycles. The Labute approximate surface area is 91.5 Å². The summed E-state index contributed by atoms with van der Waals surface area (Å²) in [5.74, 6) is 0.337. The monoisotopic (exact) mass is 208 g/mol. The lowest BCUT2D eigenvalue weighted by molar-refractivity contribution is -0.120. The van der Waals surface area contributed by atoms with Crippen LogP contribution in [0, 0.1) is 5.41 Å². The van der Waals surface area contributed by atoms with Crippen molar-refractivity contribution in [1.29, 1.82) is 0 Å². The van der Waals surface area contributed by atoms with E-state index in [1.54, 1.807) is 6.20 Å². The quantitative estimate of drug-likeness (QED) is 0.761. The molecule has 0 aromatic carbocycles. The maximum absolute atomic E-state index is 11.6. The van der Waals surface area contributed by atoms with Crippen LogP contribution in [0.25, 0.3) is 0 Å². The molecular formula is C12H20N2O. The first kappa shape index (κ1) is 12.0. The Morgan fingerprint density at radius 3 is 2.60 bits per heavy atom. The molecule has 3 nitrogen and oxygen atoms in total. The third kappa shape index (κ3) is 4.28. The van der Waals surface area contributed by atoms with Crippen molar-refractivity contribution < 1.29 is 4.79 Å². The molecule has 0 saturated carbocycles. The lowest BCUT2D eigenvalue weighted by atomic mass is 9.88. The van der Waals surface area contributed by atoms with Gasteiger partial charge < -0.3 is 0 Å². The molecule has 1 aromatic heterocycles. The number of hydrogen-bond acceptors (Lipinski definition) is 2. The molecule has 0 aliphatic carbocycles. The van der Waals surface area contributed by atoms with Crippen molar-refractivity contribution in [2.75, 3.05) is 0 Å². The minimum Gasteiger partial charge on any atom is -0.300 e. The van der Waals surface area contributed by atoms with Gasteiger partial charge in [0.05, 0.1) is 0 Å². The Kier molecular flexibility index (Phi) is 3.66. The third-order valence-corrected chi connectivity index (χ3v) is 2.31. The molecule has 3 heteroatoms. The van der Waals surface area contributed by atoms with Gasteiger partial charge in [-0.05, 0) is 17.9 Å². The van der Waals surface area contributed by atoms with Crippen LogP contribution in [-0.4, -0.2) is 15.6 Å². The second-order valence-electron chi connectivity index (χ2n) is 5.22. The fraction of sp³-hybridized carbons (Fsp3) is 0.667. The van der Waals surface area contributed by atoms with Crippen LogP contribution in [0.5, 0.6) is 0 Å². The molecule has 0 radical (unpaired) electrons. The van der Waals surface area contributed by atoms with Gasteiger partial charge in [0, 0.05) is 31.8 Å². The second-order valence-corrected chi connectivity index (χ2v) is 5.22. The van der Waals surface area contributed by atoms with Gasteiger partial charge in [-0.15, -0.1) is 0 Å². The summed E-state index contributed by atoms with van der Waals surface area (Å²) in [6.07, 6.45) is 3.84. The zero-order valence-corrected chi connectivity index (χ0v) is 10.1. The van der Waals surface area contributed by atoms with E-state index in [1.165, 1.54) is 0 Å². The zero-order chi connectivity index (χ0) is 11.5. The van der Waals surface area contributed by atoms with Gasteiger partial charge in [0.2, 0.25) is 0 Å². The Balaban J connectivity index is 2.38. The minimum absolute atomic E-state index is 0.101. The summed E-state index contributed by atoms with van der Waals surface area (Å²) in [4.78, 5) is 11.6. The molecule has 0 aliphatic heterocycles. The van der Waals surface area contributed by atoms with Crippen molar-refractivity contribution in [3.63, 3.8) is 0 Å². The number of nitrogens with zero attached hydrogens (tertiary/aromatic N) is 2. The maximum Gasteiger partial charge on any atom is 0.133 e. The van der Waals surface area contributed by atoms with Crippen LogP contribution in [0.3, 0.4) is 0 Å². The standard InChI is InChI=1S/C12H20N2O/c1-12(2,3)9-11(15)6-5-10-7-8-13-14(10)4/h7-8H,5-6,9H2,1-4H3. The summed E-state index contributed by atoms with van der Waals surface area (Å²) < 4.78 is 1.82. The van der Waals surface area contributed by atoms with Gasteiger partial charge in [0.15, 0.2) is 0 Å². The highest BCUT2D eigenvalue weighted by atomic mass is 16.1. The molecule has 0 saturated heterocycles. The smallest absolute Gasteiger partial charge is 0.133 e. The van der Waals surface area contributed by atoms with E-state index >= 15 is 0 Å². The van der Waals surface area contributed by atoms with Gasteiger partial charge in [-0.3, -0.25) is 9.48 Å². The molecule has 1 aromatic rings. The van der Waals surface area contributed by atoms with Crippen molar-refractivity contribution in [1.82, 2.24) is 9.78 Å². The van der Waals surface area contributed by atoms with E-state index in [0.717, 1.165) is 12.1 Å². The number of aromatic nitrogens is 2. The summed E-state index contributed by atoms with van der Waals surface area (Å²) in [5, 5.41) is 4.07. The SMILES string of the molecule is Cn1nccc1CCC(=O)CC(C)(C)C. The highest BCUT2D eigenvalue weighted by Gasteiger charge is 2.15. The zero-order valence-electron chi connectivity index (χ0n) is 10.1. The molecule has 0 N–H and O–H groups in total. The first-order chi connectivity index (χ1) is 6.88. The van der Waals surface area contributed by atoms with Crippen molar-refractivity contribution in [2.24, 2.45) is 12.5 Å². The molecule has 0 atom stereocenters. The van der Waals surface area contributed by atoms with Crippen molar-refractivity contribution >= 4 is 5.78 Å². The Bertz CT molecular complexity index is 334. The average Bonchev–Trinajstić information content (AvgIpc) is 2.44. The second kappa shape index (κ2) is 4.60. The molecule has 0 fully saturated rings. The van der Waals surface area contributed by atoms with Crippen molar-refractivity contribution in [2.45, 2.75) is 40.0 Å². The first-order valence-corrected chi connectivity index (χ1v) is 5.37. The van der Waals surface area contributed by atoms with Crippen molar-refractivity contribution in [3.05, 3.63) is 18.0 Å². The van der Waals surface area contributed by atoms with E-state index in [2.05, 4.69) is 25.9 Å². The predicted octanol–water partition coefficient (Wildman–Crippen LogP) is 2.36. The number of rotatable bonds is 4. The van der Waals surface area contributed by atoms with Gasteiger partial charge in [-0.2, -0.15) is 5.10 Å². The van der Waals surface area contributed by atoms with E-state index in [0.29, 0.717) is 18.6 Å². The van der Waals surface area contributed by atoms with Gasteiger partial charge >= 0.3 is 0 Å². The normalized spacial score (nSPS) is 11.7. The van der Waals surface area contributed by atoms with Crippen LogP contribution < -0.4 is 0 Å². The third-order valence-electron chi connectivity index (χ3n) is 2.31. The fourth-order valence-electron chi connectivity index (χ4n) is 1.59. The summed E-state index contributed by atoms with van der Waals surface area (Å²) in [6, 6.07) is 1.96. The Hall–Kier alpha value is -1.12. The number of ketones is 1. The van der Waals surface area contributed by atoms with Crippen LogP contribution >= 0.6 is 0 Å². The van der Waals surface area contributed by atoms with Gasteiger partial charge in [-0.1, -0.05) is 20.8 Å². The number of aryl methyl sites for hydroxylation is 2. The molecule has 1 rings (SSSR count). The molecule has 0 unspecified atom stereocenters. The molecular weight excluding hydrogens is 188 g/mol. The van der Waals surface area contributed by atoms with Crippen LogP contribution in [0.15, 0.2) is 12.3 Å². The molecule has 0 amide bonds. The number of hydrogen-bond donors (Lipinski definition) is 0. The Morgan fingerprint density at radius 1 is 1.47 bits per heavy atom. The molecule has 0 aliphatic rings. The summed E-state index contributed by atoms with van der Waals surface area (Å²) in [7, 11) is 1.91. The highest BCUT2D eigenvalue weighted by Crippen LogP contribution is 2.20. The number of carbonyl (C=O) groups is 1. The number of Topliss-reactive ketones (excluding diaryl/α,β-unsaturated/α-hetero) is 1. The van der Waals surface area contributed by atoms with Gasteiger partial charge in [-0.25, -0.2) is 0 Å². The van der Waals surface area contributed by atoms with Gasteiger partial charge in [0.25, 0.3) is 0 Å². The van der Waals surface area contributed by atoms with Crippen LogP contribution in [0.4, 0.5) is 0 Å². The maximum atomic E-state index is 11.6. The first-order valence-electron chi connectivity index (χ1n) is 5.37. The number of carbonyl (C=O) groups excluding carboxylic acids is 1. The average molecular weight is 208 g/mol. The summed E-state index contributed by atoms with van der Waals surface area (Å²) in [6.45, 7) is 6.28. The lowest BCUT2D eigenvalue weighted by Crippen LogP contribution is -2.13. The minimum atomic E-state index is 0.101. The molecule has 0 spiro atoms. The van der Waals surface area contributed by atoms with Crippen LogP contribution in [0.1, 0.15) is 39.3 Å². The van der Waals surface area contributed by atoms with Gasteiger partial charge in [0.1, 0.15) is 5.78 Å². The van der Waals surface area contributed by atoms with E-state index in [-0.39, 0.29) is 5.41 Å². The van der Waals surface area contributed by atoms with E-state index in [4.69, 9.17) is 0 Å². The summed E-state index contributed by atoms with van der Waals surface area (Å²) in [5.41, 5.74) is 1.22. The largest absolute Gasteiger partial charge is 0.300 e. The fourth-order valence-corrected chi connectivity index (χ4v) is 1.59. The van der Waals surface area contributed by atoms with E-state index in [9.17, 15) is 4.79 Å². The molecule has 15 heavy (non-hydrogen) atoms. The van der Waals surface area contributed by atoms with E-state index < -0.39 is 0 Å². The topological polar surface area (TPSA) is 34.9 Å². The molecule has 84 valence electrons. The highest BCUT2D eigenvalue weighted by molar-refractivity contribution is 5.79. The van der Waals surface area contributed by atoms with Crippen LogP contribution in [0.2, 0.25) is 0 Å². The van der Waals surface area contributed by atoms with Crippen LogP contribution in [-0.2, 0) is 18.3 Å². The lowest BCUT2D eigenvalue weighted by Gasteiger charge is -2.16. The summed E-state index contributed by atoms with van der Waals surface area (Å²) >= 11 is 0. The van der Waals surface area contributed by atoms with E-state index in [1.807, 2.05) is 17.8 Å². The predicted molar refractivity (Wildman–Crippen MR) is 60.6 cm³/mol. The Morgan fingerprint density at radius 2 is 2.13 bits per heavy atom. The van der Waals surface area contributed by atoms with Crippen molar-refractivity contribution in [3.8, 4) is 0 Å². The molecule has 0 bridgehead atoms.